The summed E-state index contributed by atoms with van der Waals surface area (Å²) in [5.41, 5.74) is 1.40. The highest BCUT2D eigenvalue weighted by Crippen LogP contribution is 2.31. The Morgan fingerprint density at radius 2 is 1.56 bits per heavy atom. The molecular weight excluding hydrogens is 609 g/mol. The van der Waals surface area contributed by atoms with Gasteiger partial charge in [0.2, 0.25) is 21.8 Å². The molecule has 0 radical (unpaired) electrons. The van der Waals surface area contributed by atoms with Crippen LogP contribution in [0.2, 0.25) is 15.1 Å². The van der Waals surface area contributed by atoms with Crippen molar-refractivity contribution in [2.75, 3.05) is 24.2 Å². The van der Waals surface area contributed by atoms with Gasteiger partial charge in [0, 0.05) is 34.6 Å². The van der Waals surface area contributed by atoms with E-state index < -0.39 is 34.4 Å². The SMILES string of the molecule is COc1ccc(N(CC(=O)N(Cc2c(Cl)cccc2Cl)C(Cc2ccccc2)C(=O)NC(C)C)S(C)(=O)=O)cc1Cl. The van der Waals surface area contributed by atoms with Gasteiger partial charge in [0.1, 0.15) is 18.3 Å². The summed E-state index contributed by atoms with van der Waals surface area (Å²) in [4.78, 5) is 29.0. The van der Waals surface area contributed by atoms with Gasteiger partial charge >= 0.3 is 0 Å². The third-order valence-corrected chi connectivity index (χ3v) is 8.34. The van der Waals surface area contributed by atoms with Crippen molar-refractivity contribution in [1.82, 2.24) is 10.2 Å². The molecule has 0 saturated carbocycles. The average molecular weight is 641 g/mol. The summed E-state index contributed by atoms with van der Waals surface area (Å²) in [6.45, 7) is 2.88. The first-order chi connectivity index (χ1) is 19.3. The van der Waals surface area contributed by atoms with E-state index in [1.165, 1.54) is 30.2 Å². The topological polar surface area (TPSA) is 96.0 Å². The summed E-state index contributed by atoms with van der Waals surface area (Å²) in [6, 6.07) is 17.3. The predicted molar refractivity (Wildman–Crippen MR) is 164 cm³/mol. The Morgan fingerprint density at radius 1 is 0.927 bits per heavy atom. The Kier molecular flexibility index (Phi) is 11.3. The summed E-state index contributed by atoms with van der Waals surface area (Å²) in [5, 5.41) is 3.67. The molecule has 1 unspecified atom stereocenters. The largest absolute Gasteiger partial charge is 0.495 e. The molecule has 0 aromatic heterocycles. The normalized spacial score (nSPS) is 12.1. The van der Waals surface area contributed by atoms with E-state index in [1.807, 2.05) is 44.2 Å². The number of methoxy groups -OCH3 is 1. The van der Waals surface area contributed by atoms with Gasteiger partial charge in [-0.1, -0.05) is 71.2 Å². The smallest absolute Gasteiger partial charge is 0.244 e. The molecule has 41 heavy (non-hydrogen) atoms. The van der Waals surface area contributed by atoms with Gasteiger partial charge in [0.05, 0.1) is 24.1 Å². The van der Waals surface area contributed by atoms with E-state index in [-0.39, 0.29) is 29.7 Å². The standard InChI is InChI=1S/C29H32Cl3N3O5S/c1-19(2)33-29(37)26(15-20-9-6-5-7-10-20)34(17-22-23(30)11-8-12-24(22)31)28(36)18-35(41(4,38)39)21-13-14-27(40-3)25(32)16-21/h5-14,16,19,26H,15,17-18H2,1-4H3,(H,33,37). The molecule has 0 aliphatic carbocycles. The fourth-order valence-electron chi connectivity index (χ4n) is 4.21. The molecule has 0 bridgehead atoms. The zero-order chi connectivity index (χ0) is 30.3. The molecule has 0 aliphatic heterocycles. The molecule has 12 heteroatoms. The van der Waals surface area contributed by atoms with Crippen LogP contribution < -0.4 is 14.4 Å². The van der Waals surface area contributed by atoms with Crippen molar-refractivity contribution in [2.24, 2.45) is 0 Å². The molecule has 0 saturated heterocycles. The minimum absolute atomic E-state index is 0.138. The van der Waals surface area contributed by atoms with Crippen LogP contribution in [-0.2, 0) is 32.6 Å². The molecule has 0 heterocycles. The fourth-order valence-corrected chi connectivity index (χ4v) is 5.82. The molecular formula is C29H32Cl3N3O5S. The highest BCUT2D eigenvalue weighted by Gasteiger charge is 2.34. The summed E-state index contributed by atoms with van der Waals surface area (Å²) in [5.74, 6) is -0.699. The number of hydrogen-bond donors (Lipinski definition) is 1. The Morgan fingerprint density at radius 3 is 2.10 bits per heavy atom. The Balaban J connectivity index is 2.11. The van der Waals surface area contributed by atoms with Gasteiger partial charge in [-0.05, 0) is 49.7 Å². The Bertz CT molecular complexity index is 1470. The molecule has 2 amide bonds. The van der Waals surface area contributed by atoms with E-state index in [9.17, 15) is 18.0 Å². The summed E-state index contributed by atoms with van der Waals surface area (Å²) < 4.78 is 32.0. The van der Waals surface area contributed by atoms with Crippen molar-refractivity contribution < 1.29 is 22.7 Å². The zero-order valence-corrected chi connectivity index (χ0v) is 26.2. The first kappa shape index (κ1) is 32.5. The van der Waals surface area contributed by atoms with E-state index in [4.69, 9.17) is 39.5 Å². The highest BCUT2D eigenvalue weighted by atomic mass is 35.5. The molecule has 8 nitrogen and oxygen atoms in total. The maximum Gasteiger partial charge on any atom is 0.244 e. The monoisotopic (exact) mass is 639 g/mol. The third kappa shape index (κ3) is 8.75. The van der Waals surface area contributed by atoms with Crippen LogP contribution in [0.25, 0.3) is 0 Å². The number of halogens is 3. The molecule has 3 rings (SSSR count). The molecule has 3 aromatic rings. The van der Waals surface area contributed by atoms with E-state index in [2.05, 4.69) is 5.32 Å². The lowest BCUT2D eigenvalue weighted by Gasteiger charge is -2.34. The van der Waals surface area contributed by atoms with Crippen molar-refractivity contribution in [1.29, 1.82) is 0 Å². The van der Waals surface area contributed by atoms with E-state index in [1.54, 1.807) is 18.2 Å². The van der Waals surface area contributed by atoms with Crippen molar-refractivity contribution in [3.05, 3.63) is 92.9 Å². The number of hydrogen-bond acceptors (Lipinski definition) is 5. The molecule has 0 spiro atoms. The number of ether oxygens (including phenoxy) is 1. The molecule has 220 valence electrons. The number of nitrogens with one attached hydrogen (secondary N) is 1. The maximum absolute atomic E-state index is 14.1. The van der Waals surface area contributed by atoms with Gasteiger partial charge in [-0.2, -0.15) is 0 Å². The number of amides is 2. The van der Waals surface area contributed by atoms with Gasteiger partial charge in [-0.25, -0.2) is 8.42 Å². The molecule has 1 atom stereocenters. The number of carbonyl (C=O) groups excluding carboxylic acids is 2. The lowest BCUT2D eigenvalue weighted by Crippen LogP contribution is -2.54. The minimum Gasteiger partial charge on any atom is -0.495 e. The van der Waals surface area contributed by atoms with Crippen LogP contribution in [0.3, 0.4) is 0 Å². The summed E-state index contributed by atoms with van der Waals surface area (Å²) in [7, 11) is -2.53. The van der Waals surface area contributed by atoms with Crippen molar-refractivity contribution in [2.45, 2.75) is 38.9 Å². The molecule has 1 N–H and O–H groups in total. The lowest BCUT2D eigenvalue weighted by molar-refractivity contribution is -0.140. The van der Waals surface area contributed by atoms with Gasteiger partial charge in [0.25, 0.3) is 0 Å². The number of anilines is 1. The van der Waals surface area contributed by atoms with Crippen molar-refractivity contribution in [3.8, 4) is 5.75 Å². The van der Waals surface area contributed by atoms with Crippen LogP contribution in [0.5, 0.6) is 5.75 Å². The van der Waals surface area contributed by atoms with E-state index in [0.717, 1.165) is 16.1 Å². The quantitative estimate of drug-likeness (QED) is 0.279. The third-order valence-electron chi connectivity index (χ3n) is 6.19. The van der Waals surface area contributed by atoms with Gasteiger partial charge in [-0.3, -0.25) is 13.9 Å². The number of rotatable bonds is 12. The van der Waals surface area contributed by atoms with Crippen LogP contribution in [0.4, 0.5) is 5.69 Å². The summed E-state index contributed by atoms with van der Waals surface area (Å²) >= 11 is 19.2. The Labute approximate surface area is 256 Å². The van der Waals surface area contributed by atoms with E-state index in [0.29, 0.717) is 21.4 Å². The lowest BCUT2D eigenvalue weighted by atomic mass is 10.0. The first-order valence-corrected chi connectivity index (χ1v) is 15.7. The van der Waals surface area contributed by atoms with Crippen molar-refractivity contribution >= 4 is 62.3 Å². The first-order valence-electron chi connectivity index (χ1n) is 12.7. The van der Waals surface area contributed by atoms with Gasteiger partial charge < -0.3 is 15.0 Å². The predicted octanol–water partition coefficient (Wildman–Crippen LogP) is 5.59. The van der Waals surface area contributed by atoms with Crippen LogP contribution in [0.15, 0.2) is 66.7 Å². The van der Waals surface area contributed by atoms with Crippen LogP contribution in [-0.4, -0.2) is 57.1 Å². The second-order valence-electron chi connectivity index (χ2n) is 9.68. The second kappa shape index (κ2) is 14.3. The maximum atomic E-state index is 14.1. The minimum atomic E-state index is -3.96. The average Bonchev–Trinajstić information content (AvgIpc) is 2.90. The van der Waals surface area contributed by atoms with Gasteiger partial charge in [-0.15, -0.1) is 0 Å². The molecule has 0 aliphatic rings. The number of benzene rings is 3. The Hall–Kier alpha value is -2.98. The summed E-state index contributed by atoms with van der Waals surface area (Å²) in [6.07, 6.45) is 1.15. The molecule has 3 aromatic carbocycles. The second-order valence-corrected chi connectivity index (χ2v) is 12.8. The number of sulfonamides is 1. The van der Waals surface area contributed by atoms with Crippen molar-refractivity contribution in [3.63, 3.8) is 0 Å². The highest BCUT2D eigenvalue weighted by molar-refractivity contribution is 7.92. The van der Waals surface area contributed by atoms with Crippen LogP contribution in [0.1, 0.15) is 25.0 Å². The molecule has 0 fully saturated rings. The number of nitrogens with zero attached hydrogens (tertiary/aromatic N) is 2. The van der Waals surface area contributed by atoms with E-state index >= 15 is 0 Å². The van der Waals surface area contributed by atoms with Crippen LogP contribution >= 0.6 is 34.8 Å². The fraction of sp³-hybridized carbons (Fsp3) is 0.310. The van der Waals surface area contributed by atoms with Crippen LogP contribution in [0, 0.1) is 0 Å². The zero-order valence-electron chi connectivity index (χ0n) is 23.1. The number of carbonyl (C=O) groups is 2. The van der Waals surface area contributed by atoms with Gasteiger partial charge in [0.15, 0.2) is 0 Å².